The van der Waals surface area contributed by atoms with Crippen molar-refractivity contribution >= 4 is 11.8 Å². The Morgan fingerprint density at radius 3 is 2.36 bits per heavy atom. The maximum Gasteiger partial charge on any atom is 0.242 e. The number of carbonyl (C=O) groups is 2. The Morgan fingerprint density at radius 1 is 0.917 bits per heavy atom. The van der Waals surface area contributed by atoms with Crippen molar-refractivity contribution in [1.82, 2.24) is 14.4 Å². The van der Waals surface area contributed by atoms with Crippen molar-refractivity contribution in [2.45, 2.75) is 65.7 Å². The number of nitrogens with zero attached hydrogens (tertiary/aromatic N) is 3. The monoisotopic (exact) mass is 489 g/mol. The molecule has 0 N–H and O–H groups in total. The fraction of sp³-hybridized carbons (Fsp3) is 0.400. The third-order valence-corrected chi connectivity index (χ3v) is 6.55. The van der Waals surface area contributed by atoms with Gasteiger partial charge in [0, 0.05) is 37.4 Å². The first kappa shape index (κ1) is 27.1. The summed E-state index contributed by atoms with van der Waals surface area (Å²) in [6.45, 7) is 7.78. The first-order valence-corrected chi connectivity index (χ1v) is 12.8. The number of rotatable bonds is 13. The number of hydrogen-bond acceptors (Lipinski definition) is 3. The molecule has 6 nitrogen and oxygen atoms in total. The average Bonchev–Trinajstić information content (AvgIpc) is 3.33. The van der Waals surface area contributed by atoms with Crippen molar-refractivity contribution in [3.05, 3.63) is 89.7 Å². The molecule has 2 aromatic carbocycles. The molecule has 0 aliphatic rings. The Kier molecular flexibility index (Phi) is 10.2. The molecule has 2 amide bonds. The topological polar surface area (TPSA) is 54.8 Å². The summed E-state index contributed by atoms with van der Waals surface area (Å²) >= 11 is 0. The van der Waals surface area contributed by atoms with Gasteiger partial charge < -0.3 is 19.1 Å². The number of carbonyl (C=O) groups excluding carboxylic acids is 2. The van der Waals surface area contributed by atoms with E-state index in [-0.39, 0.29) is 24.4 Å². The van der Waals surface area contributed by atoms with Crippen LogP contribution in [0.15, 0.2) is 72.9 Å². The van der Waals surface area contributed by atoms with Crippen molar-refractivity contribution < 1.29 is 14.3 Å². The molecule has 192 valence electrons. The molecule has 0 spiro atoms. The van der Waals surface area contributed by atoms with E-state index in [1.807, 2.05) is 79.5 Å². The summed E-state index contributed by atoms with van der Waals surface area (Å²) in [5.41, 5.74) is 3.23. The minimum Gasteiger partial charge on any atom is -0.497 e. The van der Waals surface area contributed by atoms with Crippen LogP contribution in [-0.4, -0.2) is 45.9 Å². The quantitative estimate of drug-likeness (QED) is 0.319. The van der Waals surface area contributed by atoms with Crippen LogP contribution in [0.2, 0.25) is 0 Å². The highest BCUT2D eigenvalue weighted by atomic mass is 16.5. The molecule has 0 fully saturated rings. The first-order valence-electron chi connectivity index (χ1n) is 12.8. The van der Waals surface area contributed by atoms with Gasteiger partial charge in [0.15, 0.2) is 0 Å². The number of ether oxygens (including phenoxy) is 1. The van der Waals surface area contributed by atoms with Gasteiger partial charge in [-0.2, -0.15) is 0 Å². The summed E-state index contributed by atoms with van der Waals surface area (Å²) < 4.78 is 7.54. The van der Waals surface area contributed by atoms with Crippen molar-refractivity contribution in [1.29, 1.82) is 0 Å². The molecule has 0 bridgehead atoms. The molecule has 6 heteroatoms. The van der Waals surface area contributed by atoms with Gasteiger partial charge in [0.25, 0.3) is 0 Å². The van der Waals surface area contributed by atoms with E-state index in [0.29, 0.717) is 26.1 Å². The molecule has 1 heterocycles. The van der Waals surface area contributed by atoms with Crippen LogP contribution in [0.1, 0.15) is 56.9 Å². The van der Waals surface area contributed by atoms with Gasteiger partial charge in [0.05, 0.1) is 13.7 Å². The van der Waals surface area contributed by atoms with E-state index in [0.717, 1.165) is 35.4 Å². The Balaban J connectivity index is 1.83. The van der Waals surface area contributed by atoms with Gasteiger partial charge in [-0.3, -0.25) is 9.59 Å². The molecule has 0 aliphatic carbocycles. The zero-order valence-electron chi connectivity index (χ0n) is 22.0. The zero-order chi connectivity index (χ0) is 25.9. The molecular formula is C30H39N3O3. The van der Waals surface area contributed by atoms with Crippen LogP contribution in [0.25, 0.3) is 0 Å². The Bertz CT molecular complexity index is 1110. The minimum absolute atomic E-state index is 0.0171. The molecule has 3 aromatic rings. The summed E-state index contributed by atoms with van der Waals surface area (Å²) in [7, 11) is 1.67. The van der Waals surface area contributed by atoms with Crippen molar-refractivity contribution in [2.24, 2.45) is 0 Å². The standard InChI is InChI=1S/C30H39N3O3/c1-5-12-29(34)33(24(3)6-2)23-30(35)32(20-25-13-8-7-9-14-25)22-27-16-11-18-31(27)21-26-15-10-17-28(19-26)36-4/h7-11,13-19,24H,5-6,12,20-23H2,1-4H3. The highest BCUT2D eigenvalue weighted by molar-refractivity contribution is 5.85. The second-order valence-corrected chi connectivity index (χ2v) is 9.24. The predicted molar refractivity (Wildman–Crippen MR) is 144 cm³/mol. The highest BCUT2D eigenvalue weighted by Gasteiger charge is 2.25. The lowest BCUT2D eigenvalue weighted by Crippen LogP contribution is -2.46. The van der Waals surface area contributed by atoms with Crippen molar-refractivity contribution in [2.75, 3.05) is 13.7 Å². The van der Waals surface area contributed by atoms with E-state index in [9.17, 15) is 9.59 Å². The van der Waals surface area contributed by atoms with Gasteiger partial charge in [-0.25, -0.2) is 0 Å². The van der Waals surface area contributed by atoms with E-state index in [2.05, 4.69) is 23.6 Å². The number of methoxy groups -OCH3 is 1. The van der Waals surface area contributed by atoms with Crippen molar-refractivity contribution in [3.63, 3.8) is 0 Å². The van der Waals surface area contributed by atoms with Gasteiger partial charge >= 0.3 is 0 Å². The van der Waals surface area contributed by atoms with E-state index < -0.39 is 0 Å². The largest absolute Gasteiger partial charge is 0.497 e. The predicted octanol–water partition coefficient (Wildman–Crippen LogP) is 5.50. The smallest absolute Gasteiger partial charge is 0.242 e. The van der Waals surface area contributed by atoms with Crippen molar-refractivity contribution in [3.8, 4) is 5.75 Å². The molecule has 1 aromatic heterocycles. The summed E-state index contributed by atoms with van der Waals surface area (Å²) in [5.74, 6) is 0.822. The summed E-state index contributed by atoms with van der Waals surface area (Å²) in [6.07, 6.45) is 4.08. The van der Waals surface area contributed by atoms with Crippen LogP contribution in [0, 0.1) is 0 Å². The third kappa shape index (κ3) is 7.48. The lowest BCUT2D eigenvalue weighted by molar-refractivity contribution is -0.143. The molecule has 3 rings (SSSR count). The molecule has 1 unspecified atom stereocenters. The fourth-order valence-corrected chi connectivity index (χ4v) is 4.26. The fourth-order valence-electron chi connectivity index (χ4n) is 4.26. The van der Waals surface area contributed by atoms with Crippen LogP contribution >= 0.6 is 0 Å². The van der Waals surface area contributed by atoms with E-state index in [1.165, 1.54) is 0 Å². The molecule has 0 saturated carbocycles. The summed E-state index contributed by atoms with van der Waals surface area (Å²) in [4.78, 5) is 30.1. The molecular weight excluding hydrogens is 450 g/mol. The maximum absolute atomic E-state index is 13.7. The molecule has 0 aliphatic heterocycles. The molecule has 36 heavy (non-hydrogen) atoms. The number of amides is 2. The lowest BCUT2D eigenvalue weighted by Gasteiger charge is -2.31. The maximum atomic E-state index is 13.7. The van der Waals surface area contributed by atoms with Crippen LogP contribution in [0.4, 0.5) is 0 Å². The zero-order valence-corrected chi connectivity index (χ0v) is 22.0. The van der Waals surface area contributed by atoms with Crippen LogP contribution in [0.5, 0.6) is 5.75 Å². The Hall–Kier alpha value is -3.54. The number of hydrogen-bond donors (Lipinski definition) is 0. The van der Waals surface area contributed by atoms with Gasteiger partial charge in [-0.15, -0.1) is 0 Å². The number of aromatic nitrogens is 1. The normalized spacial score (nSPS) is 11.7. The minimum atomic E-state index is -0.0438. The highest BCUT2D eigenvalue weighted by Crippen LogP contribution is 2.18. The third-order valence-electron chi connectivity index (χ3n) is 6.55. The Labute approximate surface area is 215 Å². The van der Waals surface area contributed by atoms with Gasteiger partial charge in [0.1, 0.15) is 12.3 Å². The summed E-state index contributed by atoms with van der Waals surface area (Å²) in [6, 6.07) is 22.1. The summed E-state index contributed by atoms with van der Waals surface area (Å²) in [5, 5.41) is 0. The van der Waals surface area contributed by atoms with Gasteiger partial charge in [0.2, 0.25) is 11.8 Å². The second kappa shape index (κ2) is 13.5. The van der Waals surface area contributed by atoms with Crippen LogP contribution in [0.3, 0.4) is 0 Å². The van der Waals surface area contributed by atoms with Gasteiger partial charge in [-0.1, -0.05) is 56.3 Å². The van der Waals surface area contributed by atoms with Crippen LogP contribution in [-0.2, 0) is 29.2 Å². The number of benzene rings is 2. The SMILES string of the molecule is CCCC(=O)N(CC(=O)N(Cc1ccccc1)Cc1cccn1Cc1cccc(OC)c1)C(C)CC. The van der Waals surface area contributed by atoms with E-state index in [4.69, 9.17) is 4.74 Å². The molecule has 1 atom stereocenters. The van der Waals surface area contributed by atoms with Crippen LogP contribution < -0.4 is 4.74 Å². The molecule has 0 saturated heterocycles. The second-order valence-electron chi connectivity index (χ2n) is 9.24. The van der Waals surface area contributed by atoms with Gasteiger partial charge in [-0.05, 0) is 55.2 Å². The van der Waals surface area contributed by atoms with E-state index in [1.54, 1.807) is 12.0 Å². The molecule has 0 radical (unpaired) electrons. The Morgan fingerprint density at radius 2 is 1.67 bits per heavy atom. The van der Waals surface area contributed by atoms with E-state index >= 15 is 0 Å². The average molecular weight is 490 g/mol. The lowest BCUT2D eigenvalue weighted by atomic mass is 10.1. The first-order chi connectivity index (χ1) is 17.4.